The molecule has 0 unspecified atom stereocenters. The molecule has 2 heterocycles. The summed E-state index contributed by atoms with van der Waals surface area (Å²) in [5.41, 5.74) is -1.11. The first-order valence-corrected chi connectivity index (χ1v) is 6.71. The first-order valence-electron chi connectivity index (χ1n) is 6.71. The number of rotatable bonds is 1. The highest BCUT2D eigenvalue weighted by atomic mass is 19.4. The predicted molar refractivity (Wildman–Crippen MR) is 79.9 cm³/mol. The zero-order valence-electron chi connectivity index (χ0n) is 11.9. The number of halogens is 3. The number of hydrogen-bond donors (Lipinski definition) is 1. The van der Waals surface area contributed by atoms with E-state index in [2.05, 4.69) is 4.98 Å². The van der Waals surface area contributed by atoms with Crippen LogP contribution in [-0.2, 0) is 6.18 Å². The van der Waals surface area contributed by atoms with Crippen LogP contribution in [0.4, 0.5) is 13.2 Å². The maximum atomic E-state index is 12.6. The van der Waals surface area contributed by atoms with Gasteiger partial charge in [-0.3, -0.25) is 14.2 Å². The van der Waals surface area contributed by atoms with Crippen molar-refractivity contribution in [3.8, 4) is 5.69 Å². The van der Waals surface area contributed by atoms with Crippen LogP contribution in [0.25, 0.3) is 16.5 Å². The van der Waals surface area contributed by atoms with E-state index in [-0.39, 0.29) is 11.1 Å². The quantitative estimate of drug-likeness (QED) is 0.749. The number of aromatic nitrogens is 2. The van der Waals surface area contributed by atoms with Gasteiger partial charge in [0.05, 0.1) is 5.56 Å². The summed E-state index contributed by atoms with van der Waals surface area (Å²) in [5.74, 6) is 0. The summed E-state index contributed by atoms with van der Waals surface area (Å²) < 4.78 is 39.1. The van der Waals surface area contributed by atoms with E-state index in [0.717, 1.165) is 12.1 Å². The van der Waals surface area contributed by atoms with Crippen molar-refractivity contribution in [2.45, 2.75) is 13.1 Å². The molecular formula is C16H11F3N2O2. The second kappa shape index (κ2) is 5.12. The molecule has 0 saturated heterocycles. The summed E-state index contributed by atoms with van der Waals surface area (Å²) in [4.78, 5) is 26.9. The van der Waals surface area contributed by atoms with Crippen molar-refractivity contribution in [1.29, 1.82) is 0 Å². The fourth-order valence-corrected chi connectivity index (χ4v) is 2.52. The van der Waals surface area contributed by atoms with E-state index in [0.29, 0.717) is 11.1 Å². The molecule has 4 nitrogen and oxygen atoms in total. The number of alkyl halides is 3. The van der Waals surface area contributed by atoms with Crippen LogP contribution in [-0.4, -0.2) is 9.55 Å². The van der Waals surface area contributed by atoms with E-state index >= 15 is 0 Å². The Morgan fingerprint density at radius 1 is 1.04 bits per heavy atom. The van der Waals surface area contributed by atoms with Gasteiger partial charge in [-0.1, -0.05) is 0 Å². The average Bonchev–Trinajstić information content (AvgIpc) is 2.46. The maximum Gasteiger partial charge on any atom is 0.416 e. The molecule has 2 aromatic heterocycles. The van der Waals surface area contributed by atoms with Crippen molar-refractivity contribution in [2.24, 2.45) is 0 Å². The van der Waals surface area contributed by atoms with Gasteiger partial charge in [-0.05, 0) is 48.7 Å². The third-order valence-corrected chi connectivity index (χ3v) is 3.58. The van der Waals surface area contributed by atoms with Crippen molar-refractivity contribution in [3.05, 3.63) is 74.6 Å². The Morgan fingerprint density at radius 2 is 1.70 bits per heavy atom. The molecule has 23 heavy (non-hydrogen) atoms. The largest absolute Gasteiger partial charge is 0.416 e. The Bertz CT molecular complexity index is 999. The van der Waals surface area contributed by atoms with Crippen LogP contribution in [0.1, 0.15) is 11.3 Å². The zero-order chi connectivity index (χ0) is 16.8. The summed E-state index contributed by atoms with van der Waals surface area (Å²) in [6, 6.07) is 7.47. The van der Waals surface area contributed by atoms with E-state index in [1.165, 1.54) is 22.9 Å². The summed E-state index contributed by atoms with van der Waals surface area (Å²) in [6.07, 6.45) is -3.01. The van der Waals surface area contributed by atoms with Gasteiger partial charge in [-0.15, -0.1) is 0 Å². The maximum absolute atomic E-state index is 12.6. The minimum absolute atomic E-state index is 0.0296. The molecule has 0 aliphatic heterocycles. The first kappa shape index (κ1) is 15.1. The molecule has 1 aromatic carbocycles. The third kappa shape index (κ3) is 2.54. The third-order valence-electron chi connectivity index (χ3n) is 3.58. The lowest BCUT2D eigenvalue weighted by molar-refractivity contribution is -0.137. The molecule has 7 heteroatoms. The summed E-state index contributed by atoms with van der Waals surface area (Å²) in [5, 5.41) is 0.456. The van der Waals surface area contributed by atoms with Crippen molar-refractivity contribution in [3.63, 3.8) is 0 Å². The molecule has 3 rings (SSSR count). The number of fused-ring (bicyclic) bond motifs is 1. The Hall–Kier alpha value is -2.83. The van der Waals surface area contributed by atoms with Gasteiger partial charge in [0.2, 0.25) is 0 Å². The molecular weight excluding hydrogens is 309 g/mol. The normalized spacial score (nSPS) is 11.8. The molecule has 0 atom stereocenters. The van der Waals surface area contributed by atoms with E-state index in [1.54, 1.807) is 19.1 Å². The Labute approximate surface area is 127 Å². The van der Waals surface area contributed by atoms with Gasteiger partial charge in [-0.25, -0.2) is 0 Å². The molecule has 0 amide bonds. The van der Waals surface area contributed by atoms with Crippen LogP contribution < -0.4 is 11.1 Å². The lowest BCUT2D eigenvalue weighted by Gasteiger charge is -2.13. The monoisotopic (exact) mass is 320 g/mol. The van der Waals surface area contributed by atoms with Crippen molar-refractivity contribution < 1.29 is 13.2 Å². The number of hydrogen-bond acceptors (Lipinski definition) is 2. The number of nitrogens with zero attached hydrogens (tertiary/aromatic N) is 1. The van der Waals surface area contributed by atoms with Crippen molar-refractivity contribution >= 4 is 10.8 Å². The van der Waals surface area contributed by atoms with Gasteiger partial charge in [0.1, 0.15) is 5.39 Å². The molecule has 0 aliphatic carbocycles. The van der Waals surface area contributed by atoms with Crippen LogP contribution in [0.5, 0.6) is 0 Å². The number of aromatic amines is 1. The first-order chi connectivity index (χ1) is 10.8. The van der Waals surface area contributed by atoms with E-state index < -0.39 is 22.9 Å². The molecule has 0 radical (unpaired) electrons. The molecule has 0 saturated carbocycles. The molecule has 3 aromatic rings. The number of nitrogens with one attached hydrogen (secondary N) is 1. The highest BCUT2D eigenvalue weighted by Crippen LogP contribution is 2.29. The highest BCUT2D eigenvalue weighted by molar-refractivity contribution is 5.81. The molecule has 0 fully saturated rings. The van der Waals surface area contributed by atoms with Crippen LogP contribution in [0.3, 0.4) is 0 Å². The number of pyridine rings is 2. The lowest BCUT2D eigenvalue weighted by atomic mass is 10.1. The highest BCUT2D eigenvalue weighted by Gasteiger charge is 2.30. The summed E-state index contributed by atoms with van der Waals surface area (Å²) >= 11 is 0. The van der Waals surface area contributed by atoms with Gasteiger partial charge in [-0.2, -0.15) is 13.2 Å². The zero-order valence-corrected chi connectivity index (χ0v) is 11.9. The van der Waals surface area contributed by atoms with Gasteiger partial charge in [0.25, 0.3) is 11.1 Å². The van der Waals surface area contributed by atoms with E-state index in [1.807, 2.05) is 0 Å². The van der Waals surface area contributed by atoms with E-state index in [4.69, 9.17) is 0 Å². The molecule has 1 N–H and O–H groups in total. The smallest absolute Gasteiger partial charge is 0.328 e. The lowest BCUT2D eigenvalue weighted by Crippen LogP contribution is -2.26. The molecule has 0 aliphatic rings. The van der Waals surface area contributed by atoms with Crippen LogP contribution in [0.15, 0.2) is 52.2 Å². The van der Waals surface area contributed by atoms with Gasteiger partial charge >= 0.3 is 6.18 Å². The minimum atomic E-state index is -4.45. The van der Waals surface area contributed by atoms with Crippen molar-refractivity contribution in [2.75, 3.05) is 0 Å². The number of benzene rings is 1. The second-order valence-electron chi connectivity index (χ2n) is 5.11. The van der Waals surface area contributed by atoms with Crippen LogP contribution in [0.2, 0.25) is 0 Å². The van der Waals surface area contributed by atoms with Crippen LogP contribution >= 0.6 is 0 Å². The van der Waals surface area contributed by atoms with E-state index in [9.17, 15) is 22.8 Å². The van der Waals surface area contributed by atoms with Crippen molar-refractivity contribution in [1.82, 2.24) is 9.55 Å². The molecule has 0 bridgehead atoms. The fraction of sp³-hybridized carbons (Fsp3) is 0.125. The molecule has 118 valence electrons. The number of H-pyrrole nitrogens is 1. The van der Waals surface area contributed by atoms with Crippen LogP contribution in [0, 0.1) is 6.92 Å². The minimum Gasteiger partial charge on any atom is -0.328 e. The Kier molecular flexibility index (Phi) is 3.35. The predicted octanol–water partition coefficient (Wildman–Crippen LogP) is 3.01. The Morgan fingerprint density at radius 3 is 2.30 bits per heavy atom. The number of aryl methyl sites for hydroxylation is 1. The standard InChI is InChI=1S/C16H11F3N2O2/c1-9-8-10-6-7-20-14(22)13(10)15(23)21(9)12-4-2-11(3-5-12)16(17,18)19/h2-8H,1H3,(H,20,22). The topological polar surface area (TPSA) is 54.9 Å². The summed E-state index contributed by atoms with van der Waals surface area (Å²) in [6.45, 7) is 1.65. The average molecular weight is 320 g/mol. The summed E-state index contributed by atoms with van der Waals surface area (Å²) in [7, 11) is 0. The van der Waals surface area contributed by atoms with Gasteiger partial charge < -0.3 is 4.98 Å². The Balaban J connectivity index is 2.27. The SMILES string of the molecule is Cc1cc2cc[nH]c(=O)c2c(=O)n1-c1ccc(C(F)(F)F)cc1. The van der Waals surface area contributed by atoms with Gasteiger partial charge in [0.15, 0.2) is 0 Å². The second-order valence-corrected chi connectivity index (χ2v) is 5.11. The van der Waals surface area contributed by atoms with Gasteiger partial charge in [0, 0.05) is 17.6 Å². The molecule has 0 spiro atoms. The fourth-order valence-electron chi connectivity index (χ4n) is 2.52.